The Kier molecular flexibility index (Phi) is 4.59. The molecule has 1 aliphatic rings. The van der Waals surface area contributed by atoms with Gasteiger partial charge in [0.15, 0.2) is 6.61 Å². The molecule has 1 fully saturated rings. The van der Waals surface area contributed by atoms with Crippen molar-refractivity contribution < 1.29 is 9.53 Å². The lowest BCUT2D eigenvalue weighted by molar-refractivity contribution is -0.123. The Morgan fingerprint density at radius 1 is 1.44 bits per heavy atom. The Hall–Kier alpha value is -1.55. The van der Waals surface area contributed by atoms with E-state index in [4.69, 9.17) is 4.74 Å². The standard InChI is InChI=1S/C14H20N2O2/c1-11-4-6-13(7-5-11)18-10-14(17)16-12-3-2-8-15-9-12/h4-7,12,15H,2-3,8-10H2,1H3,(H,16,17). The van der Waals surface area contributed by atoms with Gasteiger partial charge in [-0.15, -0.1) is 0 Å². The predicted octanol–water partition coefficient (Wildman–Crippen LogP) is 1.24. The van der Waals surface area contributed by atoms with E-state index in [1.807, 2.05) is 31.2 Å². The zero-order valence-electron chi connectivity index (χ0n) is 10.7. The van der Waals surface area contributed by atoms with Gasteiger partial charge in [0.05, 0.1) is 0 Å². The van der Waals surface area contributed by atoms with Crippen LogP contribution in [0.1, 0.15) is 18.4 Å². The van der Waals surface area contributed by atoms with Crippen LogP contribution >= 0.6 is 0 Å². The minimum absolute atomic E-state index is 0.0516. The van der Waals surface area contributed by atoms with E-state index in [0.29, 0.717) is 0 Å². The summed E-state index contributed by atoms with van der Waals surface area (Å²) in [5.74, 6) is 0.682. The van der Waals surface area contributed by atoms with Crippen LogP contribution in [0.3, 0.4) is 0 Å². The number of hydrogen-bond acceptors (Lipinski definition) is 3. The van der Waals surface area contributed by atoms with E-state index in [1.54, 1.807) is 0 Å². The molecule has 2 rings (SSSR count). The van der Waals surface area contributed by atoms with Gasteiger partial charge in [-0.25, -0.2) is 0 Å². The zero-order chi connectivity index (χ0) is 12.8. The fraction of sp³-hybridized carbons (Fsp3) is 0.500. The molecule has 1 atom stereocenters. The van der Waals surface area contributed by atoms with Crippen LogP contribution in [0.15, 0.2) is 24.3 Å². The molecule has 0 bridgehead atoms. The lowest BCUT2D eigenvalue weighted by Gasteiger charge is -2.23. The summed E-state index contributed by atoms with van der Waals surface area (Å²) < 4.78 is 5.43. The molecule has 0 spiro atoms. The van der Waals surface area contributed by atoms with Gasteiger partial charge in [-0.2, -0.15) is 0 Å². The smallest absolute Gasteiger partial charge is 0.258 e. The molecule has 1 saturated heterocycles. The summed E-state index contributed by atoms with van der Waals surface area (Å²) in [6.45, 7) is 4.01. The molecule has 4 heteroatoms. The highest BCUT2D eigenvalue weighted by atomic mass is 16.5. The largest absolute Gasteiger partial charge is 0.484 e. The summed E-state index contributed by atoms with van der Waals surface area (Å²) in [7, 11) is 0. The molecule has 0 aromatic heterocycles. The van der Waals surface area contributed by atoms with E-state index < -0.39 is 0 Å². The molecule has 0 aliphatic carbocycles. The number of carbonyl (C=O) groups is 1. The highest BCUT2D eigenvalue weighted by molar-refractivity contribution is 5.77. The van der Waals surface area contributed by atoms with Gasteiger partial charge < -0.3 is 15.4 Å². The molecule has 18 heavy (non-hydrogen) atoms. The maximum Gasteiger partial charge on any atom is 0.258 e. The first-order valence-electron chi connectivity index (χ1n) is 6.43. The third-order valence-corrected chi connectivity index (χ3v) is 3.05. The minimum Gasteiger partial charge on any atom is -0.484 e. The number of rotatable bonds is 4. The molecule has 1 aromatic carbocycles. The van der Waals surface area contributed by atoms with Crippen molar-refractivity contribution in [1.29, 1.82) is 0 Å². The van der Waals surface area contributed by atoms with E-state index in [9.17, 15) is 4.79 Å². The molecule has 0 radical (unpaired) electrons. The SMILES string of the molecule is Cc1ccc(OCC(=O)NC2CCCNC2)cc1. The number of ether oxygens (including phenoxy) is 1. The van der Waals surface area contributed by atoms with E-state index in [-0.39, 0.29) is 18.6 Å². The summed E-state index contributed by atoms with van der Waals surface area (Å²) in [5, 5.41) is 6.24. The Labute approximate surface area is 108 Å². The Bertz CT molecular complexity index is 383. The molecule has 1 heterocycles. The summed E-state index contributed by atoms with van der Waals surface area (Å²) >= 11 is 0. The van der Waals surface area contributed by atoms with E-state index in [1.165, 1.54) is 5.56 Å². The first-order valence-corrected chi connectivity index (χ1v) is 6.43. The van der Waals surface area contributed by atoms with Crippen molar-refractivity contribution in [1.82, 2.24) is 10.6 Å². The van der Waals surface area contributed by atoms with Gasteiger partial charge in [-0.1, -0.05) is 17.7 Å². The zero-order valence-corrected chi connectivity index (χ0v) is 10.7. The van der Waals surface area contributed by atoms with Crippen molar-refractivity contribution in [2.75, 3.05) is 19.7 Å². The molecule has 2 N–H and O–H groups in total. The van der Waals surface area contributed by atoms with Crippen molar-refractivity contribution in [3.05, 3.63) is 29.8 Å². The second-order valence-corrected chi connectivity index (χ2v) is 4.71. The van der Waals surface area contributed by atoms with Gasteiger partial charge in [-0.05, 0) is 38.4 Å². The lowest BCUT2D eigenvalue weighted by atomic mass is 10.1. The van der Waals surface area contributed by atoms with E-state index in [2.05, 4.69) is 10.6 Å². The van der Waals surface area contributed by atoms with Crippen LogP contribution in [0, 0.1) is 6.92 Å². The monoisotopic (exact) mass is 248 g/mol. The topological polar surface area (TPSA) is 50.4 Å². The van der Waals surface area contributed by atoms with E-state index >= 15 is 0 Å². The highest BCUT2D eigenvalue weighted by Gasteiger charge is 2.15. The second kappa shape index (κ2) is 6.40. The molecule has 98 valence electrons. The van der Waals surface area contributed by atoms with Crippen LogP contribution in [0.5, 0.6) is 5.75 Å². The van der Waals surface area contributed by atoms with Crippen molar-refractivity contribution in [3.8, 4) is 5.75 Å². The number of hydrogen-bond donors (Lipinski definition) is 2. The maximum absolute atomic E-state index is 11.7. The number of carbonyl (C=O) groups excluding carboxylic acids is 1. The Balaban J connectivity index is 1.72. The molecule has 1 amide bonds. The van der Waals surface area contributed by atoms with Crippen molar-refractivity contribution >= 4 is 5.91 Å². The van der Waals surface area contributed by atoms with Crippen LogP contribution in [0.4, 0.5) is 0 Å². The average Bonchev–Trinajstić information content (AvgIpc) is 2.39. The molecular formula is C14H20N2O2. The van der Waals surface area contributed by atoms with Crippen LogP contribution in [-0.2, 0) is 4.79 Å². The van der Waals surface area contributed by atoms with Gasteiger partial charge in [0.2, 0.25) is 0 Å². The van der Waals surface area contributed by atoms with Crippen LogP contribution in [0.25, 0.3) is 0 Å². The molecule has 1 aromatic rings. The normalized spacial score (nSPS) is 19.3. The van der Waals surface area contributed by atoms with Crippen molar-refractivity contribution in [2.24, 2.45) is 0 Å². The quantitative estimate of drug-likeness (QED) is 0.843. The Morgan fingerprint density at radius 3 is 2.89 bits per heavy atom. The molecular weight excluding hydrogens is 228 g/mol. The summed E-state index contributed by atoms with van der Waals surface area (Å²) in [6.07, 6.45) is 2.16. The number of nitrogens with one attached hydrogen (secondary N) is 2. The number of amides is 1. The number of benzene rings is 1. The lowest BCUT2D eigenvalue weighted by Crippen LogP contribution is -2.46. The minimum atomic E-state index is -0.0516. The molecule has 1 unspecified atom stereocenters. The van der Waals surface area contributed by atoms with Gasteiger partial charge in [-0.3, -0.25) is 4.79 Å². The van der Waals surface area contributed by atoms with Crippen molar-refractivity contribution in [2.45, 2.75) is 25.8 Å². The van der Waals surface area contributed by atoms with Gasteiger partial charge >= 0.3 is 0 Å². The van der Waals surface area contributed by atoms with Crippen LogP contribution in [-0.4, -0.2) is 31.6 Å². The third-order valence-electron chi connectivity index (χ3n) is 3.05. The van der Waals surface area contributed by atoms with Gasteiger partial charge in [0.1, 0.15) is 5.75 Å². The molecule has 4 nitrogen and oxygen atoms in total. The summed E-state index contributed by atoms with van der Waals surface area (Å²) in [5.41, 5.74) is 1.18. The summed E-state index contributed by atoms with van der Waals surface area (Å²) in [6, 6.07) is 7.94. The Morgan fingerprint density at radius 2 is 2.22 bits per heavy atom. The van der Waals surface area contributed by atoms with Crippen molar-refractivity contribution in [3.63, 3.8) is 0 Å². The second-order valence-electron chi connectivity index (χ2n) is 4.71. The van der Waals surface area contributed by atoms with Crippen LogP contribution < -0.4 is 15.4 Å². The van der Waals surface area contributed by atoms with Gasteiger partial charge in [0.25, 0.3) is 5.91 Å². The third kappa shape index (κ3) is 4.04. The average molecular weight is 248 g/mol. The van der Waals surface area contributed by atoms with E-state index in [0.717, 1.165) is 31.7 Å². The fourth-order valence-corrected chi connectivity index (χ4v) is 2.03. The van der Waals surface area contributed by atoms with Gasteiger partial charge in [0, 0.05) is 12.6 Å². The number of aryl methyl sites for hydroxylation is 1. The fourth-order valence-electron chi connectivity index (χ4n) is 2.03. The molecule has 0 saturated carbocycles. The summed E-state index contributed by atoms with van der Waals surface area (Å²) in [4.78, 5) is 11.7. The molecule has 1 aliphatic heterocycles. The first-order chi connectivity index (χ1) is 8.74. The number of piperidine rings is 1. The van der Waals surface area contributed by atoms with Crippen LogP contribution in [0.2, 0.25) is 0 Å². The first kappa shape index (κ1) is 12.9. The highest BCUT2D eigenvalue weighted by Crippen LogP contribution is 2.11. The predicted molar refractivity (Wildman–Crippen MR) is 70.7 cm³/mol. The maximum atomic E-state index is 11.7.